The van der Waals surface area contributed by atoms with Crippen LogP contribution < -0.4 is 19.9 Å². The summed E-state index contributed by atoms with van der Waals surface area (Å²) in [6.45, 7) is 4.54. The molecule has 2 fully saturated rings. The van der Waals surface area contributed by atoms with Crippen LogP contribution in [0, 0.1) is 0 Å². The molecule has 3 aliphatic heterocycles. The Hall–Kier alpha value is -3.78. The number of piperazine rings is 1. The topological polar surface area (TPSA) is 78.0 Å². The molecule has 0 spiro atoms. The van der Waals surface area contributed by atoms with Gasteiger partial charge in [-0.15, -0.1) is 0 Å². The van der Waals surface area contributed by atoms with E-state index in [4.69, 9.17) is 16.3 Å². The van der Waals surface area contributed by atoms with Crippen molar-refractivity contribution < 1.29 is 14.3 Å². The van der Waals surface area contributed by atoms with Crippen LogP contribution in [0.1, 0.15) is 35.3 Å². The van der Waals surface area contributed by atoms with Gasteiger partial charge in [-0.3, -0.25) is 9.69 Å². The molecule has 2 aromatic carbocycles. The summed E-state index contributed by atoms with van der Waals surface area (Å²) in [6.07, 6.45) is 2.33. The first-order valence-electron chi connectivity index (χ1n) is 12.1. The van der Waals surface area contributed by atoms with Crippen molar-refractivity contribution in [3.05, 3.63) is 83.0 Å². The van der Waals surface area contributed by atoms with E-state index < -0.39 is 5.72 Å². The second kappa shape index (κ2) is 8.71. The third-order valence-electron chi connectivity index (χ3n) is 7.13. The van der Waals surface area contributed by atoms with Gasteiger partial charge in [0.15, 0.2) is 5.72 Å². The molecule has 3 aromatic rings. The van der Waals surface area contributed by atoms with E-state index in [9.17, 15) is 9.59 Å². The van der Waals surface area contributed by atoms with E-state index in [1.807, 2.05) is 54.3 Å². The molecule has 0 saturated carbocycles. The molecule has 2 bridgehead atoms. The second-order valence-electron chi connectivity index (χ2n) is 9.52. The Morgan fingerprint density at radius 3 is 2.69 bits per heavy atom. The molecular weight excluding hydrogens is 478 g/mol. The van der Waals surface area contributed by atoms with Crippen LogP contribution in [0.5, 0.6) is 5.75 Å². The van der Waals surface area contributed by atoms with Crippen LogP contribution in [-0.2, 0) is 0 Å². The molecule has 9 heteroatoms. The fourth-order valence-corrected chi connectivity index (χ4v) is 5.56. The Kier molecular flexibility index (Phi) is 5.48. The Labute approximate surface area is 214 Å². The molecule has 36 heavy (non-hydrogen) atoms. The fraction of sp³-hybridized carbons (Fsp3) is 0.296. The Morgan fingerprint density at radius 2 is 1.92 bits per heavy atom. The van der Waals surface area contributed by atoms with Gasteiger partial charge in [-0.2, -0.15) is 0 Å². The van der Waals surface area contributed by atoms with E-state index in [2.05, 4.69) is 15.2 Å². The maximum Gasteiger partial charge on any atom is 0.325 e. The summed E-state index contributed by atoms with van der Waals surface area (Å²) in [7, 11) is 0. The number of nitrogens with one attached hydrogen (secondary N) is 1. The van der Waals surface area contributed by atoms with Gasteiger partial charge in [-0.25, -0.2) is 9.78 Å². The second-order valence-corrected chi connectivity index (χ2v) is 9.95. The predicted octanol–water partition coefficient (Wildman–Crippen LogP) is 4.47. The van der Waals surface area contributed by atoms with Crippen molar-refractivity contribution in [2.75, 3.05) is 36.0 Å². The maximum absolute atomic E-state index is 13.4. The van der Waals surface area contributed by atoms with Gasteiger partial charge in [0.1, 0.15) is 11.6 Å². The SMILES string of the molecule is C[C@@]12C[C@@H](NC(=O)N1c1cccc(C(=O)N3CCN(c4ccccn4)CC3)c1)c1cc(Cl)ccc1O2. The molecule has 2 saturated heterocycles. The molecule has 6 rings (SSSR count). The maximum atomic E-state index is 13.4. The van der Waals surface area contributed by atoms with Gasteiger partial charge in [-0.05, 0) is 55.5 Å². The number of hydrogen-bond donors (Lipinski definition) is 1. The van der Waals surface area contributed by atoms with Crippen LogP contribution in [0.25, 0.3) is 0 Å². The molecule has 184 valence electrons. The summed E-state index contributed by atoms with van der Waals surface area (Å²) in [5.74, 6) is 1.56. The summed E-state index contributed by atoms with van der Waals surface area (Å²) in [4.78, 5) is 36.7. The van der Waals surface area contributed by atoms with E-state index in [1.54, 1.807) is 29.3 Å². The minimum absolute atomic E-state index is 0.0532. The van der Waals surface area contributed by atoms with Crippen molar-refractivity contribution in [1.82, 2.24) is 15.2 Å². The molecule has 0 radical (unpaired) electrons. The summed E-state index contributed by atoms with van der Waals surface area (Å²) in [5.41, 5.74) is 1.13. The summed E-state index contributed by atoms with van der Waals surface area (Å²) in [5, 5.41) is 3.68. The summed E-state index contributed by atoms with van der Waals surface area (Å²) >= 11 is 6.18. The van der Waals surface area contributed by atoms with Crippen molar-refractivity contribution in [3.8, 4) is 5.75 Å². The van der Waals surface area contributed by atoms with Crippen LogP contribution in [0.4, 0.5) is 16.3 Å². The number of anilines is 2. The predicted molar refractivity (Wildman–Crippen MR) is 138 cm³/mol. The smallest absolute Gasteiger partial charge is 0.325 e. The van der Waals surface area contributed by atoms with Gasteiger partial charge >= 0.3 is 6.03 Å². The molecule has 4 heterocycles. The number of pyridine rings is 1. The van der Waals surface area contributed by atoms with E-state index in [0.717, 1.165) is 11.4 Å². The first-order chi connectivity index (χ1) is 17.4. The zero-order valence-electron chi connectivity index (χ0n) is 19.9. The van der Waals surface area contributed by atoms with Crippen molar-refractivity contribution in [1.29, 1.82) is 0 Å². The fourth-order valence-electron chi connectivity index (χ4n) is 5.38. The monoisotopic (exact) mass is 503 g/mol. The highest BCUT2D eigenvalue weighted by Crippen LogP contribution is 2.46. The number of nitrogens with zero attached hydrogens (tertiary/aromatic N) is 4. The number of hydrogen-bond acceptors (Lipinski definition) is 5. The van der Waals surface area contributed by atoms with Gasteiger partial charge in [0.05, 0.1) is 11.7 Å². The summed E-state index contributed by atoms with van der Waals surface area (Å²) in [6, 6.07) is 18.1. The van der Waals surface area contributed by atoms with Crippen molar-refractivity contribution in [3.63, 3.8) is 0 Å². The molecule has 2 atom stereocenters. The zero-order valence-corrected chi connectivity index (χ0v) is 20.6. The quantitative estimate of drug-likeness (QED) is 0.570. The summed E-state index contributed by atoms with van der Waals surface area (Å²) < 4.78 is 6.35. The molecule has 3 amide bonds. The minimum Gasteiger partial charge on any atom is -0.467 e. The Bertz CT molecular complexity index is 1330. The van der Waals surface area contributed by atoms with Crippen LogP contribution in [0.15, 0.2) is 66.9 Å². The highest BCUT2D eigenvalue weighted by Gasteiger charge is 2.50. The van der Waals surface area contributed by atoms with Gasteiger partial charge in [0.2, 0.25) is 0 Å². The average molecular weight is 504 g/mol. The van der Waals surface area contributed by atoms with E-state index in [0.29, 0.717) is 54.6 Å². The lowest BCUT2D eigenvalue weighted by atomic mass is 9.90. The number of carbonyl (C=O) groups is 2. The molecule has 8 nitrogen and oxygen atoms in total. The lowest BCUT2D eigenvalue weighted by Crippen LogP contribution is -2.65. The highest BCUT2D eigenvalue weighted by atomic mass is 35.5. The number of carbonyl (C=O) groups excluding carboxylic acids is 2. The Balaban J connectivity index is 1.22. The lowest BCUT2D eigenvalue weighted by Gasteiger charge is -2.50. The molecular formula is C27H26ClN5O3. The number of rotatable bonds is 3. The van der Waals surface area contributed by atoms with E-state index in [-0.39, 0.29) is 18.0 Å². The molecule has 0 unspecified atom stereocenters. The third kappa shape index (κ3) is 3.91. The highest BCUT2D eigenvalue weighted by molar-refractivity contribution is 6.30. The van der Waals surface area contributed by atoms with Crippen molar-refractivity contribution in [2.45, 2.75) is 25.1 Å². The molecule has 3 aliphatic rings. The van der Waals surface area contributed by atoms with Crippen LogP contribution >= 0.6 is 11.6 Å². The molecule has 0 aliphatic carbocycles. The van der Waals surface area contributed by atoms with E-state index in [1.165, 1.54) is 0 Å². The number of amides is 3. The average Bonchev–Trinajstić information content (AvgIpc) is 2.89. The minimum atomic E-state index is -0.899. The van der Waals surface area contributed by atoms with Gasteiger partial charge < -0.3 is 19.9 Å². The Morgan fingerprint density at radius 1 is 1.08 bits per heavy atom. The normalized spacial score (nSPS) is 23.0. The van der Waals surface area contributed by atoms with Crippen LogP contribution in [-0.4, -0.2) is 53.7 Å². The number of ether oxygens (including phenoxy) is 1. The molecule has 1 N–H and O–H groups in total. The van der Waals surface area contributed by atoms with Gasteiger partial charge in [0.25, 0.3) is 5.91 Å². The zero-order chi connectivity index (χ0) is 24.9. The van der Waals surface area contributed by atoms with Gasteiger partial charge in [-0.1, -0.05) is 23.7 Å². The first kappa shape index (κ1) is 22.7. The number of halogens is 1. The van der Waals surface area contributed by atoms with Crippen LogP contribution in [0.3, 0.4) is 0 Å². The number of benzene rings is 2. The lowest BCUT2D eigenvalue weighted by molar-refractivity contribution is 0.0378. The number of urea groups is 1. The number of fused-ring (bicyclic) bond motifs is 4. The third-order valence-corrected chi connectivity index (χ3v) is 7.36. The van der Waals surface area contributed by atoms with Crippen LogP contribution in [0.2, 0.25) is 5.02 Å². The van der Waals surface area contributed by atoms with E-state index >= 15 is 0 Å². The number of aromatic nitrogens is 1. The first-order valence-corrected chi connectivity index (χ1v) is 12.4. The largest absolute Gasteiger partial charge is 0.467 e. The van der Waals surface area contributed by atoms with Crippen molar-refractivity contribution >= 4 is 35.0 Å². The van der Waals surface area contributed by atoms with Crippen molar-refractivity contribution in [2.24, 2.45) is 0 Å². The standard InChI is InChI=1S/C27H26ClN5O3/c1-27-17-22(21-16-19(28)8-9-23(21)36-27)30-26(35)33(27)20-6-4-5-18(15-20)25(34)32-13-11-31(12-14-32)24-7-2-3-10-29-24/h2-10,15-16,22H,11-14,17H2,1H3,(H,30,35)/t22-,27-/m1/s1. The van der Waals surface area contributed by atoms with Gasteiger partial charge in [0, 0.05) is 54.9 Å². The molecule has 1 aromatic heterocycles.